The van der Waals surface area contributed by atoms with Crippen molar-refractivity contribution in [2.45, 2.75) is 12.8 Å². The van der Waals surface area contributed by atoms with Gasteiger partial charge in [0.05, 0.1) is 7.11 Å². The van der Waals surface area contributed by atoms with Gasteiger partial charge in [0.15, 0.2) is 0 Å². The minimum atomic E-state index is 0.105. The highest BCUT2D eigenvalue weighted by Gasteiger charge is 2.10. The molecule has 0 heterocycles. The monoisotopic (exact) mass is 308 g/mol. The number of carbonyl (C=O) groups excluding carboxylic acids is 1. The Kier molecular flexibility index (Phi) is 5.05. The van der Waals surface area contributed by atoms with E-state index in [1.54, 1.807) is 37.4 Å². The largest absolute Gasteiger partial charge is 0.496 e. The van der Waals surface area contributed by atoms with E-state index in [4.69, 9.17) is 27.9 Å². The molecule has 0 fully saturated rings. The molecule has 0 aliphatic carbocycles. The summed E-state index contributed by atoms with van der Waals surface area (Å²) in [6, 6.07) is 12.6. The zero-order valence-corrected chi connectivity index (χ0v) is 12.5. The second-order valence-electron chi connectivity index (χ2n) is 4.47. The van der Waals surface area contributed by atoms with Gasteiger partial charge in [-0.05, 0) is 35.9 Å². The molecule has 0 aliphatic heterocycles. The molecule has 0 aliphatic rings. The first-order valence-electron chi connectivity index (χ1n) is 6.17. The summed E-state index contributed by atoms with van der Waals surface area (Å²) in [5.74, 6) is 0.784. The maximum atomic E-state index is 12.1. The molecule has 0 saturated heterocycles. The number of ketones is 1. The minimum absolute atomic E-state index is 0.105. The Bertz CT molecular complexity index is 606. The van der Waals surface area contributed by atoms with Crippen LogP contribution in [-0.2, 0) is 17.6 Å². The van der Waals surface area contributed by atoms with Gasteiger partial charge in [0, 0.05) is 28.5 Å². The van der Waals surface area contributed by atoms with E-state index in [9.17, 15) is 4.79 Å². The van der Waals surface area contributed by atoms with Gasteiger partial charge in [0.1, 0.15) is 11.5 Å². The molecular weight excluding hydrogens is 295 g/mol. The standard InChI is InChI=1S/C16H14Cl2O2/c1-20-16-7-6-14(18)9-12(16)10-15(19)8-11-2-4-13(17)5-3-11/h2-7,9H,8,10H2,1H3. The summed E-state index contributed by atoms with van der Waals surface area (Å²) in [5, 5.41) is 1.26. The van der Waals surface area contributed by atoms with Crippen molar-refractivity contribution in [3.63, 3.8) is 0 Å². The summed E-state index contributed by atoms with van der Waals surface area (Å²) in [7, 11) is 1.58. The van der Waals surface area contributed by atoms with Crippen LogP contribution in [0.2, 0.25) is 10.0 Å². The number of ether oxygens (including phenoxy) is 1. The Morgan fingerprint density at radius 3 is 2.30 bits per heavy atom. The molecule has 20 heavy (non-hydrogen) atoms. The molecule has 2 rings (SSSR count). The molecule has 2 aromatic carbocycles. The Balaban J connectivity index is 2.08. The summed E-state index contributed by atoms with van der Waals surface area (Å²) in [6.07, 6.45) is 0.666. The van der Waals surface area contributed by atoms with E-state index < -0.39 is 0 Å². The lowest BCUT2D eigenvalue weighted by Gasteiger charge is -2.08. The summed E-state index contributed by atoms with van der Waals surface area (Å²) < 4.78 is 5.24. The fourth-order valence-electron chi connectivity index (χ4n) is 1.99. The molecule has 0 radical (unpaired) electrons. The molecule has 0 aromatic heterocycles. The third-order valence-electron chi connectivity index (χ3n) is 2.94. The van der Waals surface area contributed by atoms with E-state index in [1.807, 2.05) is 12.1 Å². The number of rotatable bonds is 5. The van der Waals surface area contributed by atoms with Crippen LogP contribution < -0.4 is 4.74 Å². The normalized spacial score (nSPS) is 10.3. The van der Waals surface area contributed by atoms with Crippen molar-refractivity contribution in [1.29, 1.82) is 0 Å². The number of Topliss-reactive ketones (excluding diaryl/α,β-unsaturated/α-hetero) is 1. The van der Waals surface area contributed by atoms with E-state index >= 15 is 0 Å². The third-order valence-corrected chi connectivity index (χ3v) is 3.43. The second-order valence-corrected chi connectivity index (χ2v) is 5.35. The quantitative estimate of drug-likeness (QED) is 0.820. The van der Waals surface area contributed by atoms with Gasteiger partial charge < -0.3 is 4.74 Å². The Morgan fingerprint density at radius 1 is 1.00 bits per heavy atom. The van der Waals surface area contributed by atoms with Crippen LogP contribution >= 0.6 is 23.2 Å². The van der Waals surface area contributed by atoms with Crippen LogP contribution in [0.25, 0.3) is 0 Å². The van der Waals surface area contributed by atoms with Crippen molar-refractivity contribution in [3.05, 3.63) is 63.6 Å². The van der Waals surface area contributed by atoms with Gasteiger partial charge in [-0.15, -0.1) is 0 Å². The lowest BCUT2D eigenvalue weighted by molar-refractivity contribution is -0.117. The van der Waals surface area contributed by atoms with Gasteiger partial charge in [-0.3, -0.25) is 4.79 Å². The molecular formula is C16H14Cl2O2. The molecule has 2 aromatic rings. The predicted octanol–water partition coefficient (Wildman–Crippen LogP) is 4.36. The van der Waals surface area contributed by atoms with Crippen LogP contribution in [0.4, 0.5) is 0 Å². The average Bonchev–Trinajstić information content (AvgIpc) is 2.41. The summed E-state index contributed by atoms with van der Waals surface area (Å²) in [4.78, 5) is 12.1. The molecule has 4 heteroatoms. The van der Waals surface area contributed by atoms with E-state index in [-0.39, 0.29) is 5.78 Å². The van der Waals surface area contributed by atoms with Crippen molar-refractivity contribution in [2.24, 2.45) is 0 Å². The Hall–Kier alpha value is -1.51. The molecule has 104 valence electrons. The number of hydrogen-bond donors (Lipinski definition) is 0. The van der Waals surface area contributed by atoms with Crippen LogP contribution in [0.1, 0.15) is 11.1 Å². The lowest BCUT2D eigenvalue weighted by Crippen LogP contribution is -2.07. The van der Waals surface area contributed by atoms with Gasteiger partial charge in [-0.1, -0.05) is 35.3 Å². The SMILES string of the molecule is COc1ccc(Cl)cc1CC(=O)Cc1ccc(Cl)cc1. The van der Waals surface area contributed by atoms with Crippen molar-refractivity contribution in [2.75, 3.05) is 7.11 Å². The first-order chi connectivity index (χ1) is 9.58. The summed E-state index contributed by atoms with van der Waals surface area (Å²) in [6.45, 7) is 0. The van der Waals surface area contributed by atoms with E-state index in [1.165, 1.54) is 0 Å². The number of halogens is 2. The van der Waals surface area contributed by atoms with E-state index in [2.05, 4.69) is 0 Å². The van der Waals surface area contributed by atoms with Gasteiger partial charge in [-0.2, -0.15) is 0 Å². The van der Waals surface area contributed by atoms with Crippen LogP contribution in [0, 0.1) is 0 Å². The number of benzene rings is 2. The Morgan fingerprint density at radius 2 is 1.65 bits per heavy atom. The van der Waals surface area contributed by atoms with Crippen LogP contribution in [0.15, 0.2) is 42.5 Å². The van der Waals surface area contributed by atoms with Crippen LogP contribution in [0.5, 0.6) is 5.75 Å². The van der Waals surface area contributed by atoms with Gasteiger partial charge in [-0.25, -0.2) is 0 Å². The third kappa shape index (κ3) is 3.99. The zero-order valence-electron chi connectivity index (χ0n) is 11.0. The van der Waals surface area contributed by atoms with Crippen molar-refractivity contribution in [1.82, 2.24) is 0 Å². The van der Waals surface area contributed by atoms with E-state index in [0.29, 0.717) is 28.6 Å². The smallest absolute Gasteiger partial charge is 0.141 e. The van der Waals surface area contributed by atoms with Crippen molar-refractivity contribution >= 4 is 29.0 Å². The molecule has 2 nitrogen and oxygen atoms in total. The second kappa shape index (κ2) is 6.78. The first kappa shape index (κ1) is 14.9. The molecule has 0 bridgehead atoms. The molecule has 0 spiro atoms. The average molecular weight is 309 g/mol. The highest BCUT2D eigenvalue weighted by Crippen LogP contribution is 2.23. The van der Waals surface area contributed by atoms with Gasteiger partial charge >= 0.3 is 0 Å². The minimum Gasteiger partial charge on any atom is -0.496 e. The van der Waals surface area contributed by atoms with Crippen LogP contribution in [-0.4, -0.2) is 12.9 Å². The fraction of sp³-hybridized carbons (Fsp3) is 0.188. The highest BCUT2D eigenvalue weighted by molar-refractivity contribution is 6.30. The summed E-state index contributed by atoms with van der Waals surface area (Å²) >= 11 is 11.8. The molecule has 0 atom stereocenters. The van der Waals surface area contributed by atoms with Gasteiger partial charge in [0.2, 0.25) is 0 Å². The molecule has 0 unspecified atom stereocenters. The maximum absolute atomic E-state index is 12.1. The van der Waals surface area contributed by atoms with Gasteiger partial charge in [0.25, 0.3) is 0 Å². The fourth-order valence-corrected chi connectivity index (χ4v) is 2.31. The number of methoxy groups -OCH3 is 1. The number of carbonyl (C=O) groups is 1. The zero-order chi connectivity index (χ0) is 14.5. The molecule has 0 saturated carbocycles. The van der Waals surface area contributed by atoms with Crippen LogP contribution in [0.3, 0.4) is 0 Å². The maximum Gasteiger partial charge on any atom is 0.141 e. The first-order valence-corrected chi connectivity index (χ1v) is 6.92. The molecule has 0 N–H and O–H groups in total. The predicted molar refractivity (Wildman–Crippen MR) is 81.9 cm³/mol. The van der Waals surface area contributed by atoms with E-state index in [0.717, 1.165) is 11.1 Å². The topological polar surface area (TPSA) is 26.3 Å². The number of hydrogen-bond acceptors (Lipinski definition) is 2. The summed E-state index contributed by atoms with van der Waals surface area (Å²) in [5.41, 5.74) is 1.75. The van der Waals surface area contributed by atoms with Crippen molar-refractivity contribution in [3.8, 4) is 5.75 Å². The lowest BCUT2D eigenvalue weighted by atomic mass is 10.0. The highest BCUT2D eigenvalue weighted by atomic mass is 35.5. The van der Waals surface area contributed by atoms with Crippen molar-refractivity contribution < 1.29 is 9.53 Å². The Labute approximate surface area is 128 Å². The molecule has 0 amide bonds.